The van der Waals surface area contributed by atoms with Gasteiger partial charge in [0.2, 0.25) is 0 Å². The van der Waals surface area contributed by atoms with E-state index in [1.807, 2.05) is 0 Å². The zero-order valence-corrected chi connectivity index (χ0v) is 13.1. The summed E-state index contributed by atoms with van der Waals surface area (Å²) in [5.74, 6) is 0. The monoisotopic (exact) mass is 252 g/mol. The minimum absolute atomic E-state index is 0.380. The lowest BCUT2D eigenvalue weighted by atomic mass is 9.82. The van der Waals surface area contributed by atoms with Crippen LogP contribution in [0.5, 0.6) is 0 Å². The first-order chi connectivity index (χ1) is 8.38. The molecule has 2 nitrogen and oxygen atoms in total. The molecule has 2 atom stereocenters. The Bertz CT molecular complexity index is 273. The number of piperazine rings is 1. The molecule has 2 heteroatoms. The molecule has 1 saturated heterocycles. The Morgan fingerprint density at radius 2 is 1.89 bits per heavy atom. The van der Waals surface area contributed by atoms with Gasteiger partial charge in [-0.3, -0.25) is 4.90 Å². The largest absolute Gasteiger partial charge is 0.308 e. The van der Waals surface area contributed by atoms with Gasteiger partial charge < -0.3 is 5.32 Å². The average molecular weight is 252 g/mol. The van der Waals surface area contributed by atoms with E-state index in [2.05, 4.69) is 44.8 Å². The first-order valence-corrected chi connectivity index (χ1v) is 7.89. The van der Waals surface area contributed by atoms with Crippen molar-refractivity contribution in [3.63, 3.8) is 0 Å². The summed E-state index contributed by atoms with van der Waals surface area (Å²) in [7, 11) is 0. The van der Waals surface area contributed by atoms with Crippen molar-refractivity contribution in [3.05, 3.63) is 0 Å². The molecule has 1 aliphatic carbocycles. The molecule has 0 radical (unpaired) electrons. The molecule has 2 aliphatic rings. The smallest absolute Gasteiger partial charge is 0.0309 e. The van der Waals surface area contributed by atoms with Gasteiger partial charge in [-0.2, -0.15) is 0 Å². The molecule has 2 fully saturated rings. The van der Waals surface area contributed by atoms with Crippen molar-refractivity contribution in [3.8, 4) is 0 Å². The molecule has 106 valence electrons. The molecule has 1 saturated carbocycles. The molecule has 1 aliphatic heterocycles. The maximum atomic E-state index is 3.89. The lowest BCUT2D eigenvalue weighted by Gasteiger charge is -2.51. The second-order valence-corrected chi connectivity index (χ2v) is 7.64. The van der Waals surface area contributed by atoms with Crippen LogP contribution in [0.1, 0.15) is 66.7 Å². The predicted octanol–water partition coefficient (Wildman–Crippen LogP) is 3.42. The summed E-state index contributed by atoms with van der Waals surface area (Å²) in [6.07, 6.45) is 6.88. The van der Waals surface area contributed by atoms with Crippen molar-refractivity contribution in [2.24, 2.45) is 5.41 Å². The van der Waals surface area contributed by atoms with Gasteiger partial charge in [0.15, 0.2) is 0 Å². The summed E-state index contributed by atoms with van der Waals surface area (Å²) in [6.45, 7) is 14.4. The van der Waals surface area contributed by atoms with Crippen LogP contribution in [-0.4, -0.2) is 35.6 Å². The van der Waals surface area contributed by atoms with Crippen LogP contribution in [0.15, 0.2) is 0 Å². The Hall–Kier alpha value is -0.0800. The first-order valence-electron chi connectivity index (χ1n) is 7.89. The quantitative estimate of drug-likeness (QED) is 0.810. The van der Waals surface area contributed by atoms with E-state index in [0.717, 1.165) is 6.04 Å². The lowest BCUT2D eigenvalue weighted by Crippen LogP contribution is -2.66. The second-order valence-electron chi connectivity index (χ2n) is 7.64. The molecule has 0 bridgehead atoms. The molecule has 2 rings (SSSR count). The standard InChI is InChI=1S/C16H32N2/c1-6-14-11-17-16(9-7-8-10-16)12-18(14)13(2)15(3,4)5/h13-14,17H,6-12H2,1-5H3. The van der Waals surface area contributed by atoms with Crippen molar-refractivity contribution in [2.75, 3.05) is 13.1 Å². The maximum absolute atomic E-state index is 3.89. The van der Waals surface area contributed by atoms with Crippen LogP contribution in [0.25, 0.3) is 0 Å². The fourth-order valence-electron chi connectivity index (χ4n) is 3.70. The third kappa shape index (κ3) is 2.75. The Morgan fingerprint density at radius 1 is 1.28 bits per heavy atom. The van der Waals surface area contributed by atoms with Crippen LogP contribution in [0, 0.1) is 5.41 Å². The van der Waals surface area contributed by atoms with Crippen LogP contribution >= 0.6 is 0 Å². The van der Waals surface area contributed by atoms with Crippen molar-refractivity contribution in [2.45, 2.75) is 84.3 Å². The van der Waals surface area contributed by atoms with Gasteiger partial charge in [0.1, 0.15) is 0 Å². The van der Waals surface area contributed by atoms with E-state index in [1.54, 1.807) is 0 Å². The SMILES string of the molecule is CCC1CNC2(CCCC2)CN1C(C)C(C)(C)C. The first kappa shape index (κ1) is 14.3. The fourth-order valence-corrected chi connectivity index (χ4v) is 3.70. The van der Waals surface area contributed by atoms with Crippen molar-refractivity contribution in [1.82, 2.24) is 10.2 Å². The minimum Gasteiger partial charge on any atom is -0.308 e. The summed E-state index contributed by atoms with van der Waals surface area (Å²) in [4.78, 5) is 2.81. The van der Waals surface area contributed by atoms with Crippen molar-refractivity contribution >= 4 is 0 Å². The number of nitrogens with zero attached hydrogens (tertiary/aromatic N) is 1. The summed E-state index contributed by atoms with van der Waals surface area (Å²) in [6, 6.07) is 1.40. The summed E-state index contributed by atoms with van der Waals surface area (Å²) >= 11 is 0. The van der Waals surface area contributed by atoms with Gasteiger partial charge in [-0.1, -0.05) is 40.5 Å². The highest BCUT2D eigenvalue weighted by Crippen LogP contribution is 2.36. The van der Waals surface area contributed by atoms with E-state index in [1.165, 1.54) is 45.2 Å². The average Bonchev–Trinajstić information content (AvgIpc) is 2.75. The fraction of sp³-hybridized carbons (Fsp3) is 1.00. The van der Waals surface area contributed by atoms with Gasteiger partial charge in [0.05, 0.1) is 0 Å². The van der Waals surface area contributed by atoms with Gasteiger partial charge >= 0.3 is 0 Å². The number of rotatable bonds is 2. The summed E-state index contributed by atoms with van der Waals surface area (Å²) < 4.78 is 0. The Labute approximate surface area is 114 Å². The molecule has 1 N–H and O–H groups in total. The molecule has 2 unspecified atom stereocenters. The predicted molar refractivity (Wildman–Crippen MR) is 78.9 cm³/mol. The Morgan fingerprint density at radius 3 is 2.39 bits per heavy atom. The number of nitrogens with one attached hydrogen (secondary N) is 1. The highest BCUT2D eigenvalue weighted by Gasteiger charge is 2.43. The van der Waals surface area contributed by atoms with E-state index in [9.17, 15) is 0 Å². The van der Waals surface area contributed by atoms with E-state index in [-0.39, 0.29) is 0 Å². The van der Waals surface area contributed by atoms with E-state index in [4.69, 9.17) is 0 Å². The zero-order chi connectivity index (χ0) is 13.4. The molecular weight excluding hydrogens is 220 g/mol. The number of hydrogen-bond acceptors (Lipinski definition) is 2. The third-order valence-electron chi connectivity index (χ3n) is 5.45. The third-order valence-corrected chi connectivity index (χ3v) is 5.45. The van der Waals surface area contributed by atoms with Crippen LogP contribution < -0.4 is 5.32 Å². The molecule has 0 aromatic heterocycles. The Kier molecular flexibility index (Phi) is 4.08. The van der Waals surface area contributed by atoms with Gasteiger partial charge in [0, 0.05) is 30.7 Å². The van der Waals surface area contributed by atoms with E-state index < -0.39 is 0 Å². The molecule has 1 spiro atoms. The van der Waals surface area contributed by atoms with Crippen molar-refractivity contribution in [1.29, 1.82) is 0 Å². The molecule has 0 amide bonds. The normalized spacial score (nSPS) is 30.8. The van der Waals surface area contributed by atoms with E-state index >= 15 is 0 Å². The summed E-state index contributed by atoms with van der Waals surface area (Å²) in [5, 5.41) is 3.89. The second kappa shape index (κ2) is 5.13. The highest BCUT2D eigenvalue weighted by molar-refractivity contribution is 5.02. The zero-order valence-electron chi connectivity index (χ0n) is 13.1. The van der Waals surface area contributed by atoms with Gasteiger partial charge in [-0.15, -0.1) is 0 Å². The van der Waals surface area contributed by atoms with Gasteiger partial charge in [0.25, 0.3) is 0 Å². The van der Waals surface area contributed by atoms with Crippen LogP contribution in [-0.2, 0) is 0 Å². The van der Waals surface area contributed by atoms with Crippen LogP contribution in [0.3, 0.4) is 0 Å². The van der Waals surface area contributed by atoms with E-state index in [0.29, 0.717) is 17.0 Å². The molecule has 18 heavy (non-hydrogen) atoms. The molecule has 0 aromatic carbocycles. The molecule has 1 heterocycles. The molecular formula is C16H32N2. The van der Waals surface area contributed by atoms with Gasteiger partial charge in [-0.25, -0.2) is 0 Å². The molecule has 0 aromatic rings. The van der Waals surface area contributed by atoms with Crippen molar-refractivity contribution < 1.29 is 0 Å². The van der Waals surface area contributed by atoms with Crippen LogP contribution in [0.4, 0.5) is 0 Å². The topological polar surface area (TPSA) is 15.3 Å². The highest BCUT2D eigenvalue weighted by atomic mass is 15.3. The van der Waals surface area contributed by atoms with Gasteiger partial charge in [-0.05, 0) is 31.6 Å². The van der Waals surface area contributed by atoms with Crippen LogP contribution in [0.2, 0.25) is 0 Å². The maximum Gasteiger partial charge on any atom is 0.0309 e. The number of hydrogen-bond donors (Lipinski definition) is 1. The minimum atomic E-state index is 0.380. The Balaban J connectivity index is 2.12. The lowest BCUT2D eigenvalue weighted by molar-refractivity contribution is 0.00643. The summed E-state index contributed by atoms with van der Waals surface area (Å²) in [5.41, 5.74) is 0.829.